The molecule has 0 aliphatic heterocycles. The first-order valence-electron chi connectivity index (χ1n) is 4.44. The van der Waals surface area contributed by atoms with E-state index in [0.717, 1.165) is 0 Å². The fourth-order valence-corrected chi connectivity index (χ4v) is 1.17. The number of halogens is 2. The smallest absolute Gasteiger partial charge is 0.165 e. The predicted molar refractivity (Wildman–Crippen MR) is 52.9 cm³/mol. The van der Waals surface area contributed by atoms with Crippen LogP contribution in [-0.4, -0.2) is 0 Å². The summed E-state index contributed by atoms with van der Waals surface area (Å²) in [6, 6.07) is 11.8. The van der Waals surface area contributed by atoms with Crippen LogP contribution >= 0.6 is 0 Å². The molecule has 0 spiro atoms. The molecular weight excluding hydrogens is 198 g/mol. The van der Waals surface area contributed by atoms with Crippen molar-refractivity contribution < 1.29 is 13.5 Å². The van der Waals surface area contributed by atoms with Crippen LogP contribution in [0.4, 0.5) is 8.78 Å². The van der Waals surface area contributed by atoms with Crippen LogP contribution in [0.3, 0.4) is 0 Å². The predicted octanol–water partition coefficient (Wildman–Crippen LogP) is 3.76. The van der Waals surface area contributed by atoms with Crippen molar-refractivity contribution in [3.63, 3.8) is 0 Å². The van der Waals surface area contributed by atoms with Crippen LogP contribution in [0.5, 0.6) is 11.5 Å². The van der Waals surface area contributed by atoms with E-state index in [0.29, 0.717) is 0 Å². The highest BCUT2D eigenvalue weighted by atomic mass is 19.1. The zero-order valence-electron chi connectivity index (χ0n) is 7.78. The van der Waals surface area contributed by atoms with E-state index in [2.05, 4.69) is 0 Å². The standard InChI is InChI=1S/C12H8F2O/c13-9-5-1-3-7-11(9)15-12-8-4-2-6-10(12)14/h1-8H. The van der Waals surface area contributed by atoms with Gasteiger partial charge in [-0.05, 0) is 24.3 Å². The van der Waals surface area contributed by atoms with Crippen LogP contribution in [0.15, 0.2) is 48.5 Å². The molecule has 0 aliphatic carbocycles. The Bertz CT molecular complexity index is 425. The second kappa shape index (κ2) is 4.09. The summed E-state index contributed by atoms with van der Waals surface area (Å²) in [6.07, 6.45) is 0. The van der Waals surface area contributed by atoms with E-state index >= 15 is 0 Å². The molecule has 2 aromatic rings. The Morgan fingerprint density at radius 1 is 0.667 bits per heavy atom. The first-order valence-corrected chi connectivity index (χ1v) is 4.44. The van der Waals surface area contributed by atoms with Gasteiger partial charge in [-0.15, -0.1) is 0 Å². The van der Waals surface area contributed by atoms with Crippen molar-refractivity contribution in [2.45, 2.75) is 0 Å². The summed E-state index contributed by atoms with van der Waals surface area (Å²) >= 11 is 0. The summed E-state index contributed by atoms with van der Waals surface area (Å²) in [4.78, 5) is 0. The number of hydrogen-bond donors (Lipinski definition) is 0. The highest BCUT2D eigenvalue weighted by Crippen LogP contribution is 2.25. The van der Waals surface area contributed by atoms with Crippen LogP contribution in [0.25, 0.3) is 0 Å². The van der Waals surface area contributed by atoms with E-state index in [1.165, 1.54) is 24.3 Å². The lowest BCUT2D eigenvalue weighted by atomic mass is 10.3. The average Bonchev–Trinajstić information content (AvgIpc) is 2.24. The Balaban J connectivity index is 2.30. The summed E-state index contributed by atoms with van der Waals surface area (Å²) in [6.45, 7) is 0. The largest absolute Gasteiger partial charge is 0.451 e. The number of para-hydroxylation sites is 2. The molecular formula is C12H8F2O. The molecule has 0 atom stereocenters. The molecule has 1 nitrogen and oxygen atoms in total. The van der Waals surface area contributed by atoms with Gasteiger partial charge >= 0.3 is 0 Å². The third-order valence-corrected chi connectivity index (χ3v) is 1.89. The van der Waals surface area contributed by atoms with Gasteiger partial charge in [0, 0.05) is 0 Å². The van der Waals surface area contributed by atoms with Crippen LogP contribution < -0.4 is 4.74 Å². The molecule has 3 heteroatoms. The molecule has 2 rings (SSSR count). The van der Waals surface area contributed by atoms with Gasteiger partial charge in [0.2, 0.25) is 0 Å². The van der Waals surface area contributed by atoms with Gasteiger partial charge in [-0.1, -0.05) is 24.3 Å². The van der Waals surface area contributed by atoms with Crippen molar-refractivity contribution in [1.82, 2.24) is 0 Å². The molecule has 0 aliphatic rings. The van der Waals surface area contributed by atoms with Gasteiger partial charge in [-0.25, -0.2) is 8.78 Å². The number of hydrogen-bond acceptors (Lipinski definition) is 1. The Kier molecular flexibility index (Phi) is 2.63. The van der Waals surface area contributed by atoms with Crippen molar-refractivity contribution in [2.24, 2.45) is 0 Å². The fraction of sp³-hybridized carbons (Fsp3) is 0. The van der Waals surface area contributed by atoms with E-state index in [4.69, 9.17) is 4.74 Å². The van der Waals surface area contributed by atoms with Gasteiger partial charge in [0.1, 0.15) is 0 Å². The van der Waals surface area contributed by atoms with Gasteiger partial charge in [-0.2, -0.15) is 0 Å². The third-order valence-electron chi connectivity index (χ3n) is 1.89. The van der Waals surface area contributed by atoms with E-state index in [-0.39, 0.29) is 11.5 Å². The highest BCUT2D eigenvalue weighted by molar-refractivity contribution is 5.32. The maximum absolute atomic E-state index is 13.2. The molecule has 0 radical (unpaired) electrons. The topological polar surface area (TPSA) is 9.23 Å². The molecule has 2 aromatic carbocycles. The summed E-state index contributed by atoms with van der Waals surface area (Å²) in [7, 11) is 0. The quantitative estimate of drug-likeness (QED) is 0.726. The van der Waals surface area contributed by atoms with Gasteiger partial charge in [0.05, 0.1) is 0 Å². The minimum absolute atomic E-state index is 0.0163. The number of ether oxygens (including phenoxy) is 1. The van der Waals surface area contributed by atoms with Crippen molar-refractivity contribution in [3.8, 4) is 11.5 Å². The minimum Gasteiger partial charge on any atom is -0.451 e. The maximum Gasteiger partial charge on any atom is 0.165 e. The Morgan fingerprint density at radius 2 is 1.07 bits per heavy atom. The summed E-state index contributed by atoms with van der Waals surface area (Å²) < 4.78 is 31.4. The zero-order chi connectivity index (χ0) is 10.7. The Morgan fingerprint density at radius 3 is 1.47 bits per heavy atom. The lowest BCUT2D eigenvalue weighted by Gasteiger charge is -2.06. The normalized spacial score (nSPS) is 10.0. The second-order valence-corrected chi connectivity index (χ2v) is 2.96. The van der Waals surface area contributed by atoms with Gasteiger partial charge in [0.15, 0.2) is 23.1 Å². The first-order chi connectivity index (χ1) is 7.27. The lowest BCUT2D eigenvalue weighted by Crippen LogP contribution is -1.90. The van der Waals surface area contributed by atoms with E-state index in [1.54, 1.807) is 24.3 Å². The van der Waals surface area contributed by atoms with Gasteiger partial charge in [0.25, 0.3) is 0 Å². The molecule has 0 fully saturated rings. The number of rotatable bonds is 2. The summed E-state index contributed by atoms with van der Waals surface area (Å²) in [5.41, 5.74) is 0. The zero-order valence-corrected chi connectivity index (χ0v) is 7.78. The van der Waals surface area contributed by atoms with Gasteiger partial charge in [-0.3, -0.25) is 0 Å². The fourth-order valence-electron chi connectivity index (χ4n) is 1.17. The summed E-state index contributed by atoms with van der Waals surface area (Å²) in [5, 5.41) is 0. The molecule has 0 bridgehead atoms. The molecule has 0 amide bonds. The van der Waals surface area contributed by atoms with Crippen molar-refractivity contribution in [2.75, 3.05) is 0 Å². The molecule has 0 saturated heterocycles. The van der Waals surface area contributed by atoms with E-state index < -0.39 is 11.6 Å². The Labute approximate surface area is 85.9 Å². The second-order valence-electron chi connectivity index (χ2n) is 2.96. The first kappa shape index (κ1) is 9.65. The van der Waals surface area contributed by atoms with Crippen molar-refractivity contribution in [1.29, 1.82) is 0 Å². The van der Waals surface area contributed by atoms with Crippen LogP contribution in [0.2, 0.25) is 0 Å². The highest BCUT2D eigenvalue weighted by Gasteiger charge is 2.06. The molecule has 0 saturated carbocycles. The monoisotopic (exact) mass is 206 g/mol. The Hall–Kier alpha value is -1.90. The number of benzene rings is 2. The molecule has 0 heterocycles. The van der Waals surface area contributed by atoms with Crippen molar-refractivity contribution >= 4 is 0 Å². The molecule has 0 aromatic heterocycles. The molecule has 0 unspecified atom stereocenters. The molecule has 15 heavy (non-hydrogen) atoms. The maximum atomic E-state index is 13.2. The lowest BCUT2D eigenvalue weighted by molar-refractivity contribution is 0.415. The van der Waals surface area contributed by atoms with Gasteiger partial charge < -0.3 is 4.74 Å². The average molecular weight is 206 g/mol. The van der Waals surface area contributed by atoms with Crippen LogP contribution in [-0.2, 0) is 0 Å². The van der Waals surface area contributed by atoms with E-state index in [9.17, 15) is 8.78 Å². The van der Waals surface area contributed by atoms with Crippen LogP contribution in [0.1, 0.15) is 0 Å². The van der Waals surface area contributed by atoms with Crippen molar-refractivity contribution in [3.05, 3.63) is 60.2 Å². The molecule has 76 valence electrons. The van der Waals surface area contributed by atoms with E-state index in [1.807, 2.05) is 0 Å². The molecule has 0 N–H and O–H groups in total. The summed E-state index contributed by atoms with van der Waals surface area (Å²) in [5.74, 6) is -0.994. The minimum atomic E-state index is -0.513. The van der Waals surface area contributed by atoms with Crippen LogP contribution in [0, 0.1) is 11.6 Å². The third kappa shape index (κ3) is 2.13. The SMILES string of the molecule is Fc1ccccc1Oc1ccccc1F.